The fourth-order valence-electron chi connectivity index (χ4n) is 1.68. The molecule has 0 fully saturated rings. The summed E-state index contributed by atoms with van der Waals surface area (Å²) in [5.41, 5.74) is 1.48. The predicted molar refractivity (Wildman–Crippen MR) is 50.9 cm³/mol. The van der Waals surface area contributed by atoms with E-state index in [1.165, 1.54) is 0 Å². The highest BCUT2D eigenvalue weighted by Crippen LogP contribution is 2.20. The Kier molecular flexibility index (Phi) is 1.98. The first-order valence-corrected chi connectivity index (χ1v) is 4.29. The first-order valence-electron chi connectivity index (χ1n) is 4.29. The van der Waals surface area contributed by atoms with Crippen molar-refractivity contribution in [1.29, 1.82) is 0 Å². The average Bonchev–Trinajstić information content (AvgIpc) is 2.43. The normalized spacial score (nSPS) is 19.5. The summed E-state index contributed by atoms with van der Waals surface area (Å²) in [6.45, 7) is 2.04. The molecule has 3 N–H and O–H groups in total. The molecule has 0 aromatic carbocycles. The Morgan fingerprint density at radius 2 is 2.38 bits per heavy atom. The summed E-state index contributed by atoms with van der Waals surface area (Å²) in [5, 5.41) is 21.3. The van der Waals surface area contributed by atoms with Crippen molar-refractivity contribution in [2.75, 3.05) is 5.32 Å². The zero-order valence-corrected chi connectivity index (χ0v) is 7.36. The quantitative estimate of drug-likeness (QED) is 0.488. The molecule has 4 nitrogen and oxygen atoms in total. The third kappa shape index (κ3) is 1.40. The van der Waals surface area contributed by atoms with Crippen molar-refractivity contribution in [1.82, 2.24) is 4.98 Å². The summed E-state index contributed by atoms with van der Waals surface area (Å²) >= 11 is 0. The summed E-state index contributed by atoms with van der Waals surface area (Å²) in [7, 11) is -1.40. The van der Waals surface area contributed by atoms with Crippen molar-refractivity contribution in [3.63, 3.8) is 0 Å². The molecule has 1 aliphatic rings. The van der Waals surface area contributed by atoms with Crippen LogP contribution in [0.2, 0.25) is 0 Å². The SMILES string of the molecule is CC1Cc2c(B(O)O)ccnc2N1. The summed E-state index contributed by atoms with van der Waals surface area (Å²) in [6, 6.07) is 1.96. The van der Waals surface area contributed by atoms with Gasteiger partial charge in [0.1, 0.15) is 5.82 Å². The smallest absolute Gasteiger partial charge is 0.423 e. The Bertz CT molecular complexity index is 330. The maximum Gasteiger partial charge on any atom is 0.488 e. The van der Waals surface area contributed by atoms with Crippen molar-refractivity contribution in [2.24, 2.45) is 0 Å². The highest BCUT2D eigenvalue weighted by atomic mass is 16.4. The molecule has 13 heavy (non-hydrogen) atoms. The first kappa shape index (κ1) is 8.53. The van der Waals surface area contributed by atoms with Gasteiger partial charge in [-0.3, -0.25) is 0 Å². The molecule has 2 rings (SSSR count). The number of anilines is 1. The van der Waals surface area contributed by atoms with Crippen molar-refractivity contribution in [3.05, 3.63) is 17.8 Å². The second-order valence-electron chi connectivity index (χ2n) is 3.35. The lowest BCUT2D eigenvalue weighted by molar-refractivity contribution is 0.425. The number of hydrogen-bond acceptors (Lipinski definition) is 4. The van der Waals surface area contributed by atoms with Gasteiger partial charge in [0.15, 0.2) is 0 Å². The highest BCUT2D eigenvalue weighted by molar-refractivity contribution is 6.59. The monoisotopic (exact) mass is 178 g/mol. The van der Waals surface area contributed by atoms with Gasteiger partial charge in [0.2, 0.25) is 0 Å². The van der Waals surface area contributed by atoms with Gasteiger partial charge in [0.05, 0.1) is 0 Å². The first-order chi connectivity index (χ1) is 6.18. The number of hydrogen-bond donors (Lipinski definition) is 3. The van der Waals surface area contributed by atoms with Crippen LogP contribution in [-0.4, -0.2) is 28.2 Å². The van der Waals surface area contributed by atoms with Gasteiger partial charge in [-0.15, -0.1) is 0 Å². The van der Waals surface area contributed by atoms with Crippen LogP contribution in [0.4, 0.5) is 5.82 Å². The lowest BCUT2D eigenvalue weighted by atomic mass is 9.77. The van der Waals surface area contributed by atoms with Crippen molar-refractivity contribution < 1.29 is 10.0 Å². The molecule has 0 saturated carbocycles. The fraction of sp³-hybridized carbons (Fsp3) is 0.375. The predicted octanol–water partition coefficient (Wildman–Crippen LogP) is -0.882. The third-order valence-corrected chi connectivity index (χ3v) is 2.26. The van der Waals surface area contributed by atoms with E-state index in [4.69, 9.17) is 10.0 Å². The molecular weight excluding hydrogens is 167 g/mol. The van der Waals surface area contributed by atoms with E-state index in [1.54, 1.807) is 12.3 Å². The van der Waals surface area contributed by atoms with Crippen LogP contribution in [-0.2, 0) is 6.42 Å². The summed E-state index contributed by atoms with van der Waals surface area (Å²) in [6.07, 6.45) is 2.38. The van der Waals surface area contributed by atoms with Gasteiger partial charge >= 0.3 is 7.12 Å². The van der Waals surface area contributed by atoms with Crippen molar-refractivity contribution in [3.8, 4) is 0 Å². The lowest BCUT2D eigenvalue weighted by Crippen LogP contribution is -2.32. The minimum Gasteiger partial charge on any atom is -0.423 e. The van der Waals surface area contributed by atoms with Crippen LogP contribution < -0.4 is 10.8 Å². The molecule has 1 atom stereocenters. The third-order valence-electron chi connectivity index (χ3n) is 2.26. The Labute approximate surface area is 76.8 Å². The molecule has 1 aliphatic heterocycles. The zero-order chi connectivity index (χ0) is 9.42. The van der Waals surface area contributed by atoms with Crippen LogP contribution >= 0.6 is 0 Å². The minimum absolute atomic E-state index is 0.322. The van der Waals surface area contributed by atoms with Gasteiger partial charge in [0.25, 0.3) is 0 Å². The zero-order valence-electron chi connectivity index (χ0n) is 7.36. The van der Waals surface area contributed by atoms with E-state index in [0.717, 1.165) is 17.8 Å². The molecule has 1 aromatic rings. The van der Waals surface area contributed by atoms with E-state index >= 15 is 0 Å². The van der Waals surface area contributed by atoms with E-state index < -0.39 is 7.12 Å². The number of rotatable bonds is 1. The molecule has 2 heterocycles. The largest absolute Gasteiger partial charge is 0.488 e. The molecule has 0 saturated heterocycles. The van der Waals surface area contributed by atoms with Gasteiger partial charge in [-0.25, -0.2) is 4.98 Å². The second kappa shape index (κ2) is 3.01. The average molecular weight is 178 g/mol. The topological polar surface area (TPSA) is 65.4 Å². The Balaban J connectivity index is 2.45. The van der Waals surface area contributed by atoms with E-state index in [0.29, 0.717) is 11.5 Å². The summed E-state index contributed by atoms with van der Waals surface area (Å²) in [5.74, 6) is 0.776. The maximum atomic E-state index is 9.07. The highest BCUT2D eigenvalue weighted by Gasteiger charge is 2.25. The molecule has 0 amide bonds. The molecule has 0 spiro atoms. The molecule has 0 bridgehead atoms. The van der Waals surface area contributed by atoms with Gasteiger partial charge in [-0.2, -0.15) is 0 Å². The Morgan fingerprint density at radius 3 is 3.08 bits per heavy atom. The Morgan fingerprint density at radius 1 is 1.62 bits per heavy atom. The Hall–Kier alpha value is -1.07. The van der Waals surface area contributed by atoms with Crippen molar-refractivity contribution >= 4 is 18.4 Å². The summed E-state index contributed by atoms with van der Waals surface area (Å²) < 4.78 is 0. The van der Waals surface area contributed by atoms with E-state index in [1.807, 2.05) is 6.92 Å². The molecule has 1 aromatic heterocycles. The number of pyridine rings is 1. The molecule has 68 valence electrons. The van der Waals surface area contributed by atoms with Gasteiger partial charge in [-0.1, -0.05) is 0 Å². The van der Waals surface area contributed by atoms with Crippen LogP contribution in [0.5, 0.6) is 0 Å². The maximum absolute atomic E-state index is 9.07. The fourth-order valence-corrected chi connectivity index (χ4v) is 1.68. The van der Waals surface area contributed by atoms with E-state index in [2.05, 4.69) is 10.3 Å². The minimum atomic E-state index is -1.40. The standard InChI is InChI=1S/C8H11BN2O2/c1-5-4-6-7(9(12)13)2-3-10-8(6)11-5/h2-3,5,12-13H,4H2,1H3,(H,10,11). The van der Waals surface area contributed by atoms with Crippen molar-refractivity contribution in [2.45, 2.75) is 19.4 Å². The van der Waals surface area contributed by atoms with Crippen LogP contribution in [0.15, 0.2) is 12.3 Å². The van der Waals surface area contributed by atoms with Gasteiger partial charge in [-0.05, 0) is 30.4 Å². The van der Waals surface area contributed by atoms with Gasteiger partial charge < -0.3 is 15.4 Å². The lowest BCUT2D eigenvalue weighted by Gasteiger charge is -2.04. The number of aromatic nitrogens is 1. The summed E-state index contributed by atoms with van der Waals surface area (Å²) in [4.78, 5) is 4.12. The van der Waals surface area contributed by atoms with Crippen LogP contribution in [0.3, 0.4) is 0 Å². The molecule has 0 aliphatic carbocycles. The number of fused-ring (bicyclic) bond motifs is 1. The second-order valence-corrected chi connectivity index (χ2v) is 3.35. The van der Waals surface area contributed by atoms with E-state index in [9.17, 15) is 0 Å². The molecule has 5 heteroatoms. The van der Waals surface area contributed by atoms with Crippen LogP contribution in [0, 0.1) is 0 Å². The molecule has 1 unspecified atom stereocenters. The van der Waals surface area contributed by atoms with Crippen LogP contribution in [0.25, 0.3) is 0 Å². The van der Waals surface area contributed by atoms with Gasteiger partial charge in [0, 0.05) is 12.2 Å². The number of nitrogens with one attached hydrogen (secondary N) is 1. The van der Waals surface area contributed by atoms with Crippen LogP contribution in [0.1, 0.15) is 12.5 Å². The molecular formula is C8H11BN2O2. The number of nitrogens with zero attached hydrogens (tertiary/aromatic N) is 1. The van der Waals surface area contributed by atoms with E-state index in [-0.39, 0.29) is 0 Å². The molecule has 0 radical (unpaired) electrons.